The van der Waals surface area contributed by atoms with E-state index in [0.29, 0.717) is 6.04 Å². The molecule has 0 saturated carbocycles. The maximum atomic E-state index is 2.67. The predicted octanol–water partition coefficient (Wildman–Crippen LogP) is 3.89. The Morgan fingerprint density at radius 2 is 1.44 bits per heavy atom. The molecule has 0 aromatic rings. The number of nitrogens with zero attached hydrogens (tertiary/aromatic N) is 1. The SMILES string of the molecule is CC(C)C1CN(C(C)C)CC(C)C1C(C)C. The Bertz CT molecular complexity index is 207. The van der Waals surface area contributed by atoms with Crippen LogP contribution in [0.4, 0.5) is 0 Å². The van der Waals surface area contributed by atoms with Crippen LogP contribution in [0.1, 0.15) is 48.5 Å². The van der Waals surface area contributed by atoms with Crippen LogP contribution in [0.2, 0.25) is 0 Å². The molecule has 0 aromatic carbocycles. The Hall–Kier alpha value is -0.0400. The third-order valence-electron chi connectivity index (χ3n) is 4.48. The van der Waals surface area contributed by atoms with E-state index in [-0.39, 0.29) is 0 Å². The summed E-state index contributed by atoms with van der Waals surface area (Å²) in [6.45, 7) is 19.3. The van der Waals surface area contributed by atoms with Gasteiger partial charge in [-0.2, -0.15) is 0 Å². The highest BCUT2D eigenvalue weighted by molar-refractivity contribution is 4.88. The van der Waals surface area contributed by atoms with Crippen molar-refractivity contribution in [2.24, 2.45) is 29.6 Å². The topological polar surface area (TPSA) is 3.24 Å². The van der Waals surface area contributed by atoms with Crippen LogP contribution in [0.15, 0.2) is 0 Å². The maximum absolute atomic E-state index is 2.67. The first kappa shape index (κ1) is 14.0. The molecule has 16 heavy (non-hydrogen) atoms. The highest BCUT2D eigenvalue weighted by atomic mass is 15.2. The minimum Gasteiger partial charge on any atom is -0.300 e. The molecule has 1 nitrogen and oxygen atoms in total. The Morgan fingerprint density at radius 1 is 0.875 bits per heavy atom. The molecule has 0 amide bonds. The van der Waals surface area contributed by atoms with Crippen LogP contribution in [-0.2, 0) is 0 Å². The first-order chi connectivity index (χ1) is 7.34. The third-order valence-corrected chi connectivity index (χ3v) is 4.48. The minimum atomic E-state index is 0.705. The standard InChI is InChI=1S/C15H31N/c1-10(2)14-9-16(12(5)6)8-13(7)15(14)11(3)4/h10-15H,8-9H2,1-7H3. The molecular weight excluding hydrogens is 194 g/mol. The zero-order valence-corrected chi connectivity index (χ0v) is 12.3. The van der Waals surface area contributed by atoms with E-state index in [1.165, 1.54) is 13.1 Å². The van der Waals surface area contributed by atoms with Gasteiger partial charge < -0.3 is 4.90 Å². The number of hydrogen-bond donors (Lipinski definition) is 0. The van der Waals surface area contributed by atoms with E-state index in [1.54, 1.807) is 0 Å². The predicted molar refractivity (Wildman–Crippen MR) is 72.5 cm³/mol. The van der Waals surface area contributed by atoms with Crippen molar-refractivity contribution in [1.29, 1.82) is 0 Å². The summed E-state index contributed by atoms with van der Waals surface area (Å²) in [5, 5.41) is 0. The fraction of sp³-hybridized carbons (Fsp3) is 1.00. The van der Waals surface area contributed by atoms with Crippen LogP contribution in [0.5, 0.6) is 0 Å². The van der Waals surface area contributed by atoms with Crippen molar-refractivity contribution >= 4 is 0 Å². The van der Waals surface area contributed by atoms with Gasteiger partial charge in [0.25, 0.3) is 0 Å². The van der Waals surface area contributed by atoms with E-state index >= 15 is 0 Å². The molecule has 1 saturated heterocycles. The highest BCUT2D eigenvalue weighted by Crippen LogP contribution is 2.38. The molecule has 0 aliphatic carbocycles. The van der Waals surface area contributed by atoms with Crippen LogP contribution >= 0.6 is 0 Å². The molecule has 1 aliphatic rings. The van der Waals surface area contributed by atoms with Crippen molar-refractivity contribution in [2.75, 3.05) is 13.1 Å². The molecule has 1 aliphatic heterocycles. The second kappa shape index (κ2) is 5.53. The fourth-order valence-corrected chi connectivity index (χ4v) is 3.61. The van der Waals surface area contributed by atoms with Crippen LogP contribution in [-0.4, -0.2) is 24.0 Å². The zero-order chi connectivity index (χ0) is 12.5. The fourth-order valence-electron chi connectivity index (χ4n) is 3.61. The normalized spacial score (nSPS) is 33.0. The number of hydrogen-bond acceptors (Lipinski definition) is 1. The average Bonchev–Trinajstić information content (AvgIpc) is 2.15. The molecule has 1 heteroatoms. The molecular formula is C15H31N. The van der Waals surface area contributed by atoms with Crippen molar-refractivity contribution in [2.45, 2.75) is 54.5 Å². The van der Waals surface area contributed by atoms with Crippen LogP contribution in [0.3, 0.4) is 0 Å². The summed E-state index contributed by atoms with van der Waals surface area (Å²) in [6.07, 6.45) is 0. The monoisotopic (exact) mass is 225 g/mol. The molecule has 0 radical (unpaired) electrons. The lowest BCUT2D eigenvalue weighted by atomic mass is 9.68. The second-order valence-corrected chi connectivity index (χ2v) is 6.75. The quantitative estimate of drug-likeness (QED) is 0.704. The van der Waals surface area contributed by atoms with Gasteiger partial charge in [-0.3, -0.25) is 0 Å². The third kappa shape index (κ3) is 3.00. The molecule has 1 rings (SSSR count). The molecule has 1 heterocycles. The van der Waals surface area contributed by atoms with Gasteiger partial charge in [0.15, 0.2) is 0 Å². The molecule has 3 atom stereocenters. The highest BCUT2D eigenvalue weighted by Gasteiger charge is 2.38. The summed E-state index contributed by atoms with van der Waals surface area (Å²) in [7, 11) is 0. The molecule has 0 spiro atoms. The van der Waals surface area contributed by atoms with Crippen LogP contribution in [0.25, 0.3) is 0 Å². The van der Waals surface area contributed by atoms with Crippen molar-refractivity contribution in [3.8, 4) is 0 Å². The molecule has 0 bridgehead atoms. The summed E-state index contributed by atoms with van der Waals surface area (Å²) in [6, 6.07) is 0.705. The van der Waals surface area contributed by atoms with Crippen molar-refractivity contribution in [3.05, 3.63) is 0 Å². The summed E-state index contributed by atoms with van der Waals surface area (Å²) >= 11 is 0. The van der Waals surface area contributed by atoms with E-state index < -0.39 is 0 Å². The Morgan fingerprint density at radius 3 is 1.81 bits per heavy atom. The second-order valence-electron chi connectivity index (χ2n) is 6.75. The summed E-state index contributed by atoms with van der Waals surface area (Å²) in [5.74, 6) is 4.29. The minimum absolute atomic E-state index is 0.705. The van der Waals surface area contributed by atoms with E-state index in [2.05, 4.69) is 53.4 Å². The van der Waals surface area contributed by atoms with Crippen molar-refractivity contribution in [3.63, 3.8) is 0 Å². The van der Waals surface area contributed by atoms with E-state index in [1.807, 2.05) is 0 Å². The lowest BCUT2D eigenvalue weighted by Crippen LogP contribution is -2.51. The van der Waals surface area contributed by atoms with Gasteiger partial charge in [-0.15, -0.1) is 0 Å². The molecule has 0 aromatic heterocycles. The first-order valence-corrected chi connectivity index (χ1v) is 7.08. The summed E-state index contributed by atoms with van der Waals surface area (Å²) in [4.78, 5) is 2.67. The summed E-state index contributed by atoms with van der Waals surface area (Å²) < 4.78 is 0. The Balaban J connectivity index is 2.80. The molecule has 3 unspecified atom stereocenters. The van der Waals surface area contributed by atoms with Gasteiger partial charge in [-0.25, -0.2) is 0 Å². The van der Waals surface area contributed by atoms with Gasteiger partial charge in [0.05, 0.1) is 0 Å². The lowest BCUT2D eigenvalue weighted by Gasteiger charge is -2.48. The summed E-state index contributed by atoms with van der Waals surface area (Å²) in [5.41, 5.74) is 0. The van der Waals surface area contributed by atoms with Crippen molar-refractivity contribution in [1.82, 2.24) is 4.90 Å². The lowest BCUT2D eigenvalue weighted by molar-refractivity contribution is 0.00517. The van der Waals surface area contributed by atoms with Crippen LogP contribution < -0.4 is 0 Å². The van der Waals surface area contributed by atoms with E-state index in [9.17, 15) is 0 Å². The van der Waals surface area contributed by atoms with Gasteiger partial charge in [-0.05, 0) is 43.4 Å². The first-order valence-electron chi connectivity index (χ1n) is 7.08. The van der Waals surface area contributed by atoms with Crippen LogP contribution in [0, 0.1) is 29.6 Å². The average molecular weight is 225 g/mol. The van der Waals surface area contributed by atoms with E-state index in [0.717, 1.165) is 29.6 Å². The van der Waals surface area contributed by atoms with Crippen molar-refractivity contribution < 1.29 is 0 Å². The molecule has 0 N–H and O–H groups in total. The molecule has 1 fully saturated rings. The number of likely N-dealkylation sites (tertiary alicyclic amines) is 1. The zero-order valence-electron chi connectivity index (χ0n) is 12.3. The van der Waals surface area contributed by atoms with Gasteiger partial charge in [0.1, 0.15) is 0 Å². The largest absolute Gasteiger partial charge is 0.300 e. The number of rotatable bonds is 3. The smallest absolute Gasteiger partial charge is 0.00388 e. The van der Waals surface area contributed by atoms with Gasteiger partial charge in [0.2, 0.25) is 0 Å². The Kier molecular flexibility index (Phi) is 4.85. The Labute approximate surface area is 103 Å². The van der Waals surface area contributed by atoms with E-state index in [4.69, 9.17) is 0 Å². The van der Waals surface area contributed by atoms with Gasteiger partial charge in [0, 0.05) is 19.1 Å². The maximum Gasteiger partial charge on any atom is 0.00388 e. The number of piperidine rings is 1. The molecule has 96 valence electrons. The van der Waals surface area contributed by atoms with Gasteiger partial charge >= 0.3 is 0 Å². The van der Waals surface area contributed by atoms with Gasteiger partial charge in [-0.1, -0.05) is 34.6 Å².